The van der Waals surface area contributed by atoms with Crippen LogP contribution in [0.2, 0.25) is 0 Å². The van der Waals surface area contributed by atoms with Gasteiger partial charge in [-0.1, -0.05) is 12.1 Å². The number of hydrogen-bond donors (Lipinski definition) is 2. The minimum atomic E-state index is -4.52. The summed E-state index contributed by atoms with van der Waals surface area (Å²) >= 11 is 1.13. The van der Waals surface area contributed by atoms with E-state index in [4.69, 9.17) is 4.74 Å². The molecule has 1 saturated heterocycles. The molecule has 2 aromatic carbocycles. The molecule has 1 aromatic heterocycles. The fourth-order valence-electron chi connectivity index (χ4n) is 3.39. The van der Waals surface area contributed by atoms with Crippen molar-refractivity contribution >= 4 is 32.9 Å². The van der Waals surface area contributed by atoms with E-state index in [2.05, 4.69) is 15.2 Å². The Morgan fingerprint density at radius 3 is 2.52 bits per heavy atom. The van der Waals surface area contributed by atoms with E-state index in [1.54, 1.807) is 12.1 Å². The molecule has 0 spiro atoms. The molecule has 1 fully saturated rings. The molecular formula is C21H21F3N4O3S2. The third-order valence-corrected chi connectivity index (χ3v) is 7.28. The largest absolute Gasteiger partial charge is 0.381 e. The van der Waals surface area contributed by atoms with Crippen LogP contribution in [0.15, 0.2) is 46.1 Å². The lowest BCUT2D eigenvalue weighted by atomic mass is 10.0. The van der Waals surface area contributed by atoms with Gasteiger partial charge in [0.15, 0.2) is 10.7 Å². The zero-order valence-electron chi connectivity index (χ0n) is 17.5. The highest BCUT2D eigenvalue weighted by Gasteiger charge is 2.26. The van der Waals surface area contributed by atoms with Gasteiger partial charge in [-0.25, -0.2) is 26.6 Å². The number of halogens is 3. The summed E-state index contributed by atoms with van der Waals surface area (Å²) in [5.74, 6) is -3.05. The van der Waals surface area contributed by atoms with Gasteiger partial charge in [0.1, 0.15) is 17.5 Å². The lowest BCUT2D eigenvalue weighted by Gasteiger charge is -2.35. The van der Waals surface area contributed by atoms with Crippen LogP contribution in [0.5, 0.6) is 0 Å². The number of likely N-dealkylation sites (N-methyl/N-ethyl adjacent to an activating group) is 1. The smallest absolute Gasteiger partial charge is 0.268 e. The topological polar surface area (TPSA) is 83.6 Å². The molecule has 2 heterocycles. The van der Waals surface area contributed by atoms with Crippen LogP contribution in [0.4, 0.5) is 24.7 Å². The summed E-state index contributed by atoms with van der Waals surface area (Å²) in [6.45, 7) is 1.67. The molecule has 0 radical (unpaired) electrons. The predicted molar refractivity (Wildman–Crippen MR) is 119 cm³/mol. The number of nitrogens with one attached hydrogen (secondary N) is 2. The van der Waals surface area contributed by atoms with Gasteiger partial charge < -0.3 is 10.1 Å². The van der Waals surface area contributed by atoms with Crippen LogP contribution in [0, 0.1) is 17.5 Å². The first-order valence-electron chi connectivity index (χ1n) is 9.93. The van der Waals surface area contributed by atoms with E-state index in [0.717, 1.165) is 29.0 Å². The molecule has 2 N–H and O–H groups in total. The molecule has 3 aromatic rings. The first kappa shape index (κ1) is 23.5. The first-order valence-corrected chi connectivity index (χ1v) is 12.4. The van der Waals surface area contributed by atoms with E-state index in [9.17, 15) is 21.6 Å². The van der Waals surface area contributed by atoms with Crippen molar-refractivity contribution in [1.29, 1.82) is 0 Å². The third kappa shape index (κ3) is 5.29. The number of aromatic nitrogens is 1. The summed E-state index contributed by atoms with van der Waals surface area (Å²) in [6, 6.07) is 6.68. The van der Waals surface area contributed by atoms with Gasteiger partial charge in [0.05, 0.1) is 24.8 Å². The molecule has 12 heteroatoms. The van der Waals surface area contributed by atoms with Gasteiger partial charge in [0.2, 0.25) is 0 Å². The van der Waals surface area contributed by atoms with Crippen molar-refractivity contribution in [2.75, 3.05) is 30.3 Å². The quantitative estimate of drug-likeness (QED) is 0.467. The molecule has 0 aliphatic carbocycles. The number of thiazole rings is 1. The molecule has 1 aliphatic rings. The molecule has 0 bridgehead atoms. The molecule has 4 rings (SSSR count). The van der Waals surface area contributed by atoms with Crippen molar-refractivity contribution in [3.63, 3.8) is 0 Å². The Morgan fingerprint density at radius 2 is 1.91 bits per heavy atom. The minimum absolute atomic E-state index is 0.0208. The Labute approximate surface area is 193 Å². The average Bonchev–Trinajstić information content (AvgIpc) is 3.17. The van der Waals surface area contributed by atoms with Crippen molar-refractivity contribution in [2.45, 2.75) is 24.0 Å². The van der Waals surface area contributed by atoms with E-state index in [1.165, 1.54) is 17.0 Å². The summed E-state index contributed by atoms with van der Waals surface area (Å²) in [5, 5.41) is 4.18. The van der Waals surface area contributed by atoms with Crippen LogP contribution >= 0.6 is 11.3 Å². The molecule has 0 unspecified atom stereocenters. The van der Waals surface area contributed by atoms with Gasteiger partial charge in [0, 0.05) is 29.7 Å². The van der Waals surface area contributed by atoms with Crippen LogP contribution in [0.25, 0.3) is 0 Å². The number of rotatable bonds is 9. The summed E-state index contributed by atoms with van der Waals surface area (Å²) < 4.78 is 75.8. The molecule has 0 saturated carbocycles. The molecule has 176 valence electrons. The van der Waals surface area contributed by atoms with Crippen LogP contribution in [-0.4, -0.2) is 44.6 Å². The van der Waals surface area contributed by atoms with Gasteiger partial charge in [-0.05, 0) is 30.8 Å². The molecule has 1 aliphatic heterocycles. The second-order valence-corrected chi connectivity index (χ2v) is 9.92. The molecule has 33 heavy (non-hydrogen) atoms. The van der Waals surface area contributed by atoms with E-state index < -0.39 is 32.4 Å². The van der Waals surface area contributed by atoms with Crippen LogP contribution < -0.4 is 10.0 Å². The fraction of sp³-hybridized carbons (Fsp3) is 0.286. The highest BCUT2D eigenvalue weighted by atomic mass is 32.2. The Balaban J connectivity index is 1.51. The van der Waals surface area contributed by atoms with Crippen LogP contribution in [-0.2, 0) is 27.8 Å². The van der Waals surface area contributed by atoms with Crippen molar-refractivity contribution in [2.24, 2.45) is 0 Å². The van der Waals surface area contributed by atoms with E-state index >= 15 is 0 Å². The Hall–Kier alpha value is -2.67. The van der Waals surface area contributed by atoms with Gasteiger partial charge in [-0.3, -0.25) is 9.62 Å². The fourth-order valence-corrected chi connectivity index (χ4v) is 5.06. The number of sulfonamides is 1. The molecule has 0 amide bonds. The SMILES string of the molecule is CN(Cc1cccc(F)c1CNc1cc(F)c(S(=O)(=O)Nc2cscn2)c(F)c1)C1COC1. The first-order chi connectivity index (χ1) is 15.7. The summed E-state index contributed by atoms with van der Waals surface area (Å²) in [4.78, 5) is 4.69. The summed E-state index contributed by atoms with van der Waals surface area (Å²) in [5.41, 5.74) is 2.44. The van der Waals surface area contributed by atoms with Crippen molar-refractivity contribution < 1.29 is 26.3 Å². The highest BCUT2D eigenvalue weighted by Crippen LogP contribution is 2.26. The number of benzene rings is 2. The molecule has 7 nitrogen and oxygen atoms in total. The van der Waals surface area contributed by atoms with Crippen LogP contribution in [0.1, 0.15) is 11.1 Å². The maximum absolute atomic E-state index is 14.6. The summed E-state index contributed by atoms with van der Waals surface area (Å²) in [6.07, 6.45) is 0. The molecular weight excluding hydrogens is 477 g/mol. The minimum Gasteiger partial charge on any atom is -0.381 e. The van der Waals surface area contributed by atoms with E-state index in [0.29, 0.717) is 25.3 Å². The van der Waals surface area contributed by atoms with Gasteiger partial charge >= 0.3 is 0 Å². The highest BCUT2D eigenvalue weighted by molar-refractivity contribution is 7.92. The van der Waals surface area contributed by atoms with Crippen molar-refractivity contribution in [1.82, 2.24) is 9.88 Å². The Kier molecular flexibility index (Phi) is 6.88. The lowest BCUT2D eigenvalue weighted by Crippen LogP contribution is -2.46. The Bertz CT molecular complexity index is 1210. The zero-order valence-corrected chi connectivity index (χ0v) is 19.1. The maximum Gasteiger partial charge on any atom is 0.268 e. The predicted octanol–water partition coefficient (Wildman–Crippen LogP) is 3.80. The van der Waals surface area contributed by atoms with Gasteiger partial charge in [-0.15, -0.1) is 11.3 Å². The normalized spacial score (nSPS) is 14.3. The van der Waals surface area contributed by atoms with Gasteiger partial charge in [-0.2, -0.15) is 0 Å². The van der Waals surface area contributed by atoms with E-state index in [1.807, 2.05) is 11.8 Å². The summed E-state index contributed by atoms with van der Waals surface area (Å²) in [7, 11) is -2.60. The number of hydrogen-bond acceptors (Lipinski definition) is 7. The monoisotopic (exact) mass is 498 g/mol. The zero-order chi connectivity index (χ0) is 23.6. The standard InChI is InChI=1S/C21H21F3N4O3S2/c1-28(15-9-31-10-15)8-13-3-2-4-17(22)16(13)7-25-14-5-18(23)21(19(24)6-14)33(29,30)27-20-11-32-12-26-20/h2-6,11-12,15,25,27H,7-10H2,1H3. The number of ether oxygens (including phenoxy) is 1. The van der Waals surface area contributed by atoms with Gasteiger partial charge in [0.25, 0.3) is 10.0 Å². The Morgan fingerprint density at radius 1 is 1.18 bits per heavy atom. The average molecular weight is 499 g/mol. The third-order valence-electron chi connectivity index (χ3n) is 5.29. The van der Waals surface area contributed by atoms with Crippen LogP contribution in [0.3, 0.4) is 0 Å². The van der Waals surface area contributed by atoms with Crippen molar-refractivity contribution in [3.8, 4) is 0 Å². The maximum atomic E-state index is 14.6. The van der Waals surface area contributed by atoms with E-state index in [-0.39, 0.29) is 24.1 Å². The number of nitrogens with zero attached hydrogens (tertiary/aromatic N) is 2. The number of anilines is 2. The molecule has 0 atom stereocenters. The van der Waals surface area contributed by atoms with Crippen molar-refractivity contribution in [3.05, 3.63) is 69.8 Å². The lowest BCUT2D eigenvalue weighted by molar-refractivity contribution is -0.0587. The second kappa shape index (κ2) is 9.67. The second-order valence-electron chi connectivity index (χ2n) is 7.59.